The summed E-state index contributed by atoms with van der Waals surface area (Å²) in [6.45, 7) is 3.54. The van der Waals surface area contributed by atoms with E-state index < -0.39 is 23.5 Å². The van der Waals surface area contributed by atoms with Crippen LogP contribution in [0.4, 0.5) is 10.5 Å². The number of benzene rings is 1. The summed E-state index contributed by atoms with van der Waals surface area (Å²) in [6, 6.07) is 5.34. The highest BCUT2D eigenvalue weighted by Crippen LogP contribution is 2.38. The molecule has 134 valence electrons. The van der Waals surface area contributed by atoms with Gasteiger partial charge in [-0.15, -0.1) is 0 Å². The second-order valence-corrected chi connectivity index (χ2v) is 7.34. The van der Waals surface area contributed by atoms with Gasteiger partial charge in [0.1, 0.15) is 11.6 Å². The number of anilines is 1. The Hall–Kier alpha value is -2.08. The first kappa shape index (κ1) is 17.7. The lowest BCUT2D eigenvalue weighted by Crippen LogP contribution is -2.54. The number of carbonyl (C=O) groups excluding carboxylic acids is 3. The van der Waals surface area contributed by atoms with E-state index in [0.717, 1.165) is 24.2 Å². The number of hydrogen-bond acceptors (Lipinski definition) is 3. The number of urea groups is 1. The summed E-state index contributed by atoms with van der Waals surface area (Å²) in [6.07, 6.45) is 3.46. The zero-order chi connectivity index (χ0) is 18.2. The number of amides is 4. The normalized spacial score (nSPS) is 27.3. The van der Waals surface area contributed by atoms with Crippen LogP contribution in [0.1, 0.15) is 39.5 Å². The zero-order valence-corrected chi connectivity index (χ0v) is 15.1. The van der Waals surface area contributed by atoms with Crippen LogP contribution in [0.2, 0.25) is 5.02 Å². The summed E-state index contributed by atoms with van der Waals surface area (Å²) in [4.78, 5) is 39.0. The number of carbonyl (C=O) groups is 3. The van der Waals surface area contributed by atoms with Crippen molar-refractivity contribution in [3.8, 4) is 0 Å². The standard InChI is InChI=1S/C18H22ClN3O3/c1-11-6-3-4-9-18(11)16(24)22(17(25)21-18)12(2)15(23)20-14-8-5-7-13(19)10-14/h5,7-8,10-12H,3-4,6,9H2,1-2H3,(H,20,23)(H,21,25)/t11-,12+,18-/m1/s1. The molecule has 2 N–H and O–H groups in total. The van der Waals surface area contributed by atoms with Gasteiger partial charge in [0.15, 0.2) is 0 Å². The summed E-state index contributed by atoms with van der Waals surface area (Å²) in [7, 11) is 0. The number of nitrogens with one attached hydrogen (secondary N) is 2. The molecule has 4 amide bonds. The molecule has 3 atom stereocenters. The molecule has 1 aliphatic carbocycles. The van der Waals surface area contributed by atoms with Crippen LogP contribution >= 0.6 is 11.6 Å². The molecule has 0 aromatic heterocycles. The second-order valence-electron chi connectivity index (χ2n) is 6.90. The molecule has 2 fully saturated rings. The SMILES string of the molecule is C[C@@H]1CCCC[C@@]12NC(=O)N([C@@H](C)C(=O)Nc1cccc(Cl)c1)C2=O. The van der Waals surface area contributed by atoms with E-state index in [1.165, 1.54) is 0 Å². The first-order valence-electron chi connectivity index (χ1n) is 8.57. The smallest absolute Gasteiger partial charge is 0.324 e. The predicted molar refractivity (Wildman–Crippen MR) is 95.3 cm³/mol. The predicted octanol–water partition coefficient (Wildman–Crippen LogP) is 3.17. The molecule has 1 aromatic rings. The quantitative estimate of drug-likeness (QED) is 0.809. The minimum atomic E-state index is -0.903. The fourth-order valence-corrected chi connectivity index (χ4v) is 3.93. The molecule has 1 saturated heterocycles. The largest absolute Gasteiger partial charge is 0.325 e. The number of hydrogen-bond donors (Lipinski definition) is 2. The van der Waals surface area contributed by atoms with Crippen LogP contribution in [-0.2, 0) is 9.59 Å². The minimum absolute atomic E-state index is 0.0610. The molecule has 2 aliphatic rings. The molecule has 1 aliphatic heterocycles. The van der Waals surface area contributed by atoms with Crippen molar-refractivity contribution in [2.24, 2.45) is 5.92 Å². The Morgan fingerprint density at radius 3 is 2.84 bits per heavy atom. The Kier molecular flexibility index (Phi) is 4.73. The van der Waals surface area contributed by atoms with Crippen LogP contribution in [0.25, 0.3) is 0 Å². The van der Waals surface area contributed by atoms with Crippen molar-refractivity contribution in [2.75, 3.05) is 5.32 Å². The molecule has 3 rings (SSSR count). The molecule has 1 heterocycles. The Morgan fingerprint density at radius 1 is 1.40 bits per heavy atom. The number of imide groups is 1. The monoisotopic (exact) mass is 363 g/mol. The maximum atomic E-state index is 13.0. The lowest BCUT2D eigenvalue weighted by atomic mass is 9.73. The Balaban J connectivity index is 1.77. The zero-order valence-electron chi connectivity index (χ0n) is 14.3. The highest BCUT2D eigenvalue weighted by Gasteiger charge is 2.56. The third-order valence-corrected chi connectivity index (χ3v) is 5.54. The van der Waals surface area contributed by atoms with Crippen molar-refractivity contribution in [3.63, 3.8) is 0 Å². The van der Waals surface area contributed by atoms with E-state index in [0.29, 0.717) is 17.1 Å². The van der Waals surface area contributed by atoms with Gasteiger partial charge in [-0.05, 0) is 43.9 Å². The van der Waals surface area contributed by atoms with Gasteiger partial charge in [0.25, 0.3) is 5.91 Å². The van der Waals surface area contributed by atoms with E-state index in [1.54, 1.807) is 31.2 Å². The third-order valence-electron chi connectivity index (χ3n) is 5.31. The van der Waals surface area contributed by atoms with Crippen molar-refractivity contribution >= 4 is 35.1 Å². The first-order chi connectivity index (χ1) is 11.8. The van der Waals surface area contributed by atoms with Crippen molar-refractivity contribution < 1.29 is 14.4 Å². The average Bonchev–Trinajstić information content (AvgIpc) is 2.81. The van der Waals surface area contributed by atoms with Crippen LogP contribution in [0, 0.1) is 5.92 Å². The summed E-state index contributed by atoms with van der Waals surface area (Å²) < 4.78 is 0. The summed E-state index contributed by atoms with van der Waals surface area (Å²) >= 11 is 5.91. The van der Waals surface area contributed by atoms with E-state index >= 15 is 0 Å². The van der Waals surface area contributed by atoms with Gasteiger partial charge >= 0.3 is 6.03 Å². The fourth-order valence-electron chi connectivity index (χ4n) is 3.74. The molecule has 25 heavy (non-hydrogen) atoms. The number of halogens is 1. The molecular weight excluding hydrogens is 342 g/mol. The number of nitrogens with zero attached hydrogens (tertiary/aromatic N) is 1. The van der Waals surface area contributed by atoms with Crippen LogP contribution in [0.5, 0.6) is 0 Å². The van der Waals surface area contributed by atoms with Crippen LogP contribution in [0.15, 0.2) is 24.3 Å². The molecule has 1 saturated carbocycles. The van der Waals surface area contributed by atoms with Crippen molar-refractivity contribution in [3.05, 3.63) is 29.3 Å². The second kappa shape index (κ2) is 6.67. The summed E-state index contributed by atoms with van der Waals surface area (Å²) in [5.41, 5.74) is -0.336. The van der Waals surface area contributed by atoms with Crippen LogP contribution in [0.3, 0.4) is 0 Å². The van der Waals surface area contributed by atoms with Crippen molar-refractivity contribution in [2.45, 2.75) is 51.1 Å². The van der Waals surface area contributed by atoms with E-state index in [2.05, 4.69) is 10.6 Å². The minimum Gasteiger partial charge on any atom is -0.324 e. The van der Waals surface area contributed by atoms with E-state index in [1.807, 2.05) is 6.92 Å². The maximum absolute atomic E-state index is 13.0. The topological polar surface area (TPSA) is 78.5 Å². The summed E-state index contributed by atoms with van der Waals surface area (Å²) in [5, 5.41) is 6.07. The van der Waals surface area contributed by atoms with Crippen LogP contribution in [-0.4, -0.2) is 34.3 Å². The van der Waals surface area contributed by atoms with Gasteiger partial charge in [0, 0.05) is 10.7 Å². The Bertz CT molecular complexity index is 723. The highest BCUT2D eigenvalue weighted by molar-refractivity contribution is 6.30. The lowest BCUT2D eigenvalue weighted by Gasteiger charge is -2.37. The summed E-state index contributed by atoms with van der Waals surface area (Å²) in [5.74, 6) is -0.657. The first-order valence-corrected chi connectivity index (χ1v) is 8.95. The molecule has 1 aromatic carbocycles. The van der Waals surface area contributed by atoms with Crippen molar-refractivity contribution in [1.29, 1.82) is 0 Å². The van der Waals surface area contributed by atoms with Crippen molar-refractivity contribution in [1.82, 2.24) is 10.2 Å². The van der Waals surface area contributed by atoms with E-state index in [9.17, 15) is 14.4 Å². The van der Waals surface area contributed by atoms with E-state index in [4.69, 9.17) is 11.6 Å². The Labute approximate surface area is 151 Å². The maximum Gasteiger partial charge on any atom is 0.325 e. The molecule has 0 bridgehead atoms. The molecule has 0 radical (unpaired) electrons. The van der Waals surface area contributed by atoms with Gasteiger partial charge in [0.05, 0.1) is 0 Å². The lowest BCUT2D eigenvalue weighted by molar-refractivity contribution is -0.138. The van der Waals surface area contributed by atoms with Gasteiger partial charge < -0.3 is 10.6 Å². The average molecular weight is 364 g/mol. The Morgan fingerprint density at radius 2 is 2.16 bits per heavy atom. The van der Waals surface area contributed by atoms with Gasteiger partial charge in [-0.25, -0.2) is 9.69 Å². The fraction of sp³-hybridized carbons (Fsp3) is 0.500. The molecular formula is C18H22ClN3O3. The molecule has 0 unspecified atom stereocenters. The molecule has 6 nitrogen and oxygen atoms in total. The highest BCUT2D eigenvalue weighted by atomic mass is 35.5. The third kappa shape index (κ3) is 3.11. The number of rotatable bonds is 3. The van der Waals surface area contributed by atoms with Crippen LogP contribution < -0.4 is 10.6 Å². The van der Waals surface area contributed by atoms with Gasteiger partial charge in [-0.1, -0.05) is 37.4 Å². The molecule has 7 heteroatoms. The van der Waals surface area contributed by atoms with Gasteiger partial charge in [0.2, 0.25) is 5.91 Å². The van der Waals surface area contributed by atoms with Gasteiger partial charge in [-0.2, -0.15) is 0 Å². The van der Waals surface area contributed by atoms with E-state index in [-0.39, 0.29) is 11.8 Å². The van der Waals surface area contributed by atoms with Gasteiger partial charge in [-0.3, -0.25) is 9.59 Å². The molecule has 1 spiro atoms.